The molecule has 0 aliphatic carbocycles. The van der Waals surface area contributed by atoms with Crippen LogP contribution in [0.2, 0.25) is 0 Å². The monoisotopic (exact) mass is 440 g/mol. The van der Waals surface area contributed by atoms with Gasteiger partial charge in [0, 0.05) is 23.4 Å². The van der Waals surface area contributed by atoms with Crippen molar-refractivity contribution in [2.45, 2.75) is 20.4 Å². The Balaban J connectivity index is 1.62. The molecule has 2 aromatic carbocycles. The number of primary amides is 1. The van der Waals surface area contributed by atoms with Crippen molar-refractivity contribution in [1.29, 1.82) is 0 Å². The fraction of sp³-hybridized carbons (Fsp3) is 0.120. The van der Waals surface area contributed by atoms with Crippen LogP contribution in [0.4, 0.5) is 5.69 Å². The van der Waals surface area contributed by atoms with E-state index in [0.29, 0.717) is 12.2 Å². The molecule has 0 saturated heterocycles. The molecule has 0 bridgehead atoms. The topological polar surface area (TPSA) is 119 Å². The van der Waals surface area contributed by atoms with Crippen molar-refractivity contribution in [2.75, 3.05) is 5.32 Å². The zero-order chi connectivity index (χ0) is 23.4. The molecular formula is C25H24N6O2. The molecule has 0 aliphatic heterocycles. The highest BCUT2D eigenvalue weighted by Gasteiger charge is 2.17. The van der Waals surface area contributed by atoms with Crippen molar-refractivity contribution < 1.29 is 9.59 Å². The van der Waals surface area contributed by atoms with Crippen LogP contribution in [-0.2, 0) is 11.3 Å². The van der Waals surface area contributed by atoms with Gasteiger partial charge >= 0.3 is 0 Å². The van der Waals surface area contributed by atoms with Crippen molar-refractivity contribution in [1.82, 2.24) is 20.0 Å². The Morgan fingerprint density at radius 2 is 1.82 bits per heavy atom. The predicted octanol–water partition coefficient (Wildman–Crippen LogP) is 3.69. The maximum Gasteiger partial charge on any atom is 0.271 e. The normalized spacial score (nSPS) is 11.1. The van der Waals surface area contributed by atoms with Gasteiger partial charge in [0.05, 0.1) is 23.6 Å². The first-order valence-corrected chi connectivity index (χ1v) is 10.4. The number of aromatic amines is 1. The lowest BCUT2D eigenvalue weighted by Crippen LogP contribution is -2.16. The summed E-state index contributed by atoms with van der Waals surface area (Å²) in [5.74, 6) is -1.13. The van der Waals surface area contributed by atoms with E-state index in [-0.39, 0.29) is 11.4 Å². The number of nitrogens with one attached hydrogen (secondary N) is 2. The quantitative estimate of drug-likeness (QED) is 0.380. The number of rotatable bonds is 7. The van der Waals surface area contributed by atoms with E-state index in [1.54, 1.807) is 13.0 Å². The van der Waals surface area contributed by atoms with Gasteiger partial charge in [-0.2, -0.15) is 10.2 Å². The number of benzene rings is 2. The Morgan fingerprint density at radius 3 is 2.52 bits per heavy atom. The van der Waals surface area contributed by atoms with Gasteiger partial charge < -0.3 is 11.1 Å². The Hall–Kier alpha value is -4.46. The molecule has 0 saturated carbocycles. The first kappa shape index (κ1) is 21.8. The average molecular weight is 441 g/mol. The number of hydrogen-bond acceptors (Lipinski definition) is 4. The van der Waals surface area contributed by atoms with E-state index in [9.17, 15) is 9.59 Å². The third kappa shape index (κ3) is 5.07. The van der Waals surface area contributed by atoms with Crippen LogP contribution in [0.25, 0.3) is 17.3 Å². The van der Waals surface area contributed by atoms with Crippen LogP contribution in [0.3, 0.4) is 0 Å². The number of hydrogen-bond donors (Lipinski definition) is 3. The van der Waals surface area contributed by atoms with Gasteiger partial charge in [-0.1, -0.05) is 60.2 Å². The van der Waals surface area contributed by atoms with Crippen molar-refractivity contribution in [2.24, 2.45) is 5.73 Å². The minimum absolute atomic E-state index is 0.00900. The number of anilines is 1. The fourth-order valence-corrected chi connectivity index (χ4v) is 3.44. The molecule has 4 aromatic rings. The number of aryl methyl sites for hydroxylation is 2. The summed E-state index contributed by atoms with van der Waals surface area (Å²) in [6.45, 7) is 4.33. The molecule has 4 rings (SSSR count). The van der Waals surface area contributed by atoms with E-state index in [2.05, 4.69) is 15.5 Å². The summed E-state index contributed by atoms with van der Waals surface area (Å²) in [7, 11) is 0. The molecule has 0 atom stereocenters. The van der Waals surface area contributed by atoms with Gasteiger partial charge in [0.15, 0.2) is 5.69 Å². The van der Waals surface area contributed by atoms with E-state index in [4.69, 9.17) is 10.8 Å². The van der Waals surface area contributed by atoms with Crippen molar-refractivity contribution in [3.63, 3.8) is 0 Å². The van der Waals surface area contributed by atoms with Crippen molar-refractivity contribution in [3.05, 3.63) is 94.9 Å². The second-order valence-corrected chi connectivity index (χ2v) is 7.74. The molecule has 2 amide bonds. The SMILES string of the molecule is Cc1ccc(-c2nn(Cc3ccccc3)cc2/C=C/C(=O)Nc2c(C(N)=O)n[nH]c2C)cc1. The smallest absolute Gasteiger partial charge is 0.271 e. The molecule has 166 valence electrons. The summed E-state index contributed by atoms with van der Waals surface area (Å²) < 4.78 is 1.85. The highest BCUT2D eigenvalue weighted by Crippen LogP contribution is 2.24. The van der Waals surface area contributed by atoms with Crippen LogP contribution < -0.4 is 11.1 Å². The molecule has 33 heavy (non-hydrogen) atoms. The van der Waals surface area contributed by atoms with E-state index in [0.717, 1.165) is 27.9 Å². The molecule has 2 heterocycles. The van der Waals surface area contributed by atoms with Crippen molar-refractivity contribution in [3.8, 4) is 11.3 Å². The predicted molar refractivity (Wildman–Crippen MR) is 127 cm³/mol. The van der Waals surface area contributed by atoms with Gasteiger partial charge in [0.2, 0.25) is 5.91 Å². The lowest BCUT2D eigenvalue weighted by molar-refractivity contribution is -0.111. The molecule has 4 N–H and O–H groups in total. The fourth-order valence-electron chi connectivity index (χ4n) is 3.44. The summed E-state index contributed by atoms with van der Waals surface area (Å²) in [5.41, 5.74) is 10.9. The van der Waals surface area contributed by atoms with E-state index in [1.165, 1.54) is 6.08 Å². The number of amides is 2. The molecular weight excluding hydrogens is 416 g/mol. The van der Waals surface area contributed by atoms with Gasteiger partial charge in [0.25, 0.3) is 5.91 Å². The second kappa shape index (κ2) is 9.35. The summed E-state index contributed by atoms with van der Waals surface area (Å²) in [4.78, 5) is 24.1. The average Bonchev–Trinajstić information content (AvgIpc) is 3.37. The van der Waals surface area contributed by atoms with Crippen LogP contribution in [-0.4, -0.2) is 31.8 Å². The van der Waals surface area contributed by atoms with E-state index in [1.807, 2.05) is 72.4 Å². The Morgan fingerprint density at radius 1 is 1.09 bits per heavy atom. The molecule has 0 radical (unpaired) electrons. The highest BCUT2D eigenvalue weighted by molar-refractivity contribution is 6.07. The maximum atomic E-state index is 12.6. The number of aromatic nitrogens is 4. The minimum atomic E-state index is -0.720. The third-order valence-corrected chi connectivity index (χ3v) is 5.15. The Labute approximate surface area is 191 Å². The number of carbonyl (C=O) groups excluding carboxylic acids is 2. The first-order chi connectivity index (χ1) is 15.9. The molecule has 8 nitrogen and oxygen atoms in total. The molecule has 2 aromatic heterocycles. The highest BCUT2D eigenvalue weighted by atomic mass is 16.2. The number of carbonyl (C=O) groups is 2. The van der Waals surface area contributed by atoms with Gasteiger partial charge in [-0.15, -0.1) is 0 Å². The summed E-state index contributed by atoms with van der Waals surface area (Å²) in [6.07, 6.45) is 5.01. The van der Waals surface area contributed by atoms with Crippen LogP contribution in [0.5, 0.6) is 0 Å². The largest absolute Gasteiger partial charge is 0.364 e. The van der Waals surface area contributed by atoms with Crippen LogP contribution in [0.15, 0.2) is 66.9 Å². The van der Waals surface area contributed by atoms with Gasteiger partial charge in [-0.25, -0.2) is 0 Å². The molecule has 0 fully saturated rings. The zero-order valence-electron chi connectivity index (χ0n) is 18.4. The summed E-state index contributed by atoms with van der Waals surface area (Å²) in [5, 5.41) is 13.9. The second-order valence-electron chi connectivity index (χ2n) is 7.74. The summed E-state index contributed by atoms with van der Waals surface area (Å²) in [6, 6.07) is 18.1. The van der Waals surface area contributed by atoms with Crippen molar-refractivity contribution >= 4 is 23.6 Å². The van der Waals surface area contributed by atoms with E-state index >= 15 is 0 Å². The number of nitrogens with two attached hydrogens (primary N) is 1. The minimum Gasteiger partial charge on any atom is -0.364 e. The Kier molecular flexibility index (Phi) is 6.17. The maximum absolute atomic E-state index is 12.6. The van der Waals surface area contributed by atoms with Gasteiger partial charge in [-0.05, 0) is 25.5 Å². The molecule has 0 aliphatic rings. The molecule has 0 spiro atoms. The molecule has 8 heteroatoms. The lowest BCUT2D eigenvalue weighted by Gasteiger charge is -2.02. The lowest BCUT2D eigenvalue weighted by atomic mass is 10.1. The Bertz CT molecular complexity index is 1320. The number of nitrogens with zero attached hydrogens (tertiary/aromatic N) is 3. The third-order valence-electron chi connectivity index (χ3n) is 5.15. The van der Waals surface area contributed by atoms with E-state index < -0.39 is 11.8 Å². The van der Waals surface area contributed by atoms with Crippen LogP contribution in [0.1, 0.15) is 32.9 Å². The van der Waals surface area contributed by atoms with Gasteiger partial charge in [0.1, 0.15) is 0 Å². The first-order valence-electron chi connectivity index (χ1n) is 10.4. The van der Waals surface area contributed by atoms with Crippen LogP contribution >= 0.6 is 0 Å². The zero-order valence-corrected chi connectivity index (χ0v) is 18.4. The van der Waals surface area contributed by atoms with Crippen LogP contribution in [0, 0.1) is 13.8 Å². The molecule has 0 unspecified atom stereocenters. The standard InChI is InChI=1S/C25H24N6O2/c1-16-8-10-19(11-9-16)23-20(15-31(30-23)14-18-6-4-3-5-7-18)12-13-21(32)27-22-17(2)28-29-24(22)25(26)33/h3-13,15H,14H2,1-2H3,(H2,26,33)(H,27,32)(H,28,29)/b13-12+. The number of H-pyrrole nitrogens is 1. The summed E-state index contributed by atoms with van der Waals surface area (Å²) >= 11 is 0. The van der Waals surface area contributed by atoms with Gasteiger partial charge in [-0.3, -0.25) is 19.4 Å².